The minimum atomic E-state index is -0.404. The summed E-state index contributed by atoms with van der Waals surface area (Å²) >= 11 is 5.80. The molecule has 6 heteroatoms. The Kier molecular flexibility index (Phi) is 3.73. The van der Waals surface area contributed by atoms with Crippen LogP contribution in [-0.4, -0.2) is 23.6 Å². The van der Waals surface area contributed by atoms with Crippen molar-refractivity contribution in [1.29, 1.82) is 0 Å². The number of halogens is 1. The highest BCUT2D eigenvalue weighted by Gasteiger charge is 2.28. The number of nitrogens with zero attached hydrogens (tertiary/aromatic N) is 1. The van der Waals surface area contributed by atoms with E-state index in [-0.39, 0.29) is 11.2 Å². The van der Waals surface area contributed by atoms with Gasteiger partial charge in [0, 0.05) is 16.6 Å². The molecule has 0 bridgehead atoms. The molecule has 1 fully saturated rings. The lowest BCUT2D eigenvalue weighted by atomic mass is 9.90. The van der Waals surface area contributed by atoms with Crippen molar-refractivity contribution in [3.05, 3.63) is 33.3 Å². The van der Waals surface area contributed by atoms with Gasteiger partial charge in [-0.3, -0.25) is 10.1 Å². The molecule has 2 N–H and O–H groups in total. The van der Waals surface area contributed by atoms with Crippen LogP contribution < -0.4 is 10.6 Å². The van der Waals surface area contributed by atoms with E-state index in [1.165, 1.54) is 6.07 Å². The second-order valence-electron chi connectivity index (χ2n) is 4.85. The first-order valence-corrected chi connectivity index (χ1v) is 6.31. The number of hydrogen-bond acceptors (Lipinski definition) is 4. The van der Waals surface area contributed by atoms with Crippen LogP contribution in [0.15, 0.2) is 18.2 Å². The van der Waals surface area contributed by atoms with Gasteiger partial charge in [0.1, 0.15) is 5.69 Å². The molecule has 5 nitrogen and oxygen atoms in total. The largest absolute Gasteiger partial charge is 0.374 e. The van der Waals surface area contributed by atoms with E-state index in [0.29, 0.717) is 10.7 Å². The van der Waals surface area contributed by atoms with Crippen LogP contribution in [-0.2, 0) is 0 Å². The van der Waals surface area contributed by atoms with Crippen LogP contribution in [0, 0.1) is 10.1 Å². The minimum absolute atomic E-state index is 0.0299. The van der Waals surface area contributed by atoms with Gasteiger partial charge in [0.2, 0.25) is 0 Å². The van der Waals surface area contributed by atoms with Crippen molar-refractivity contribution in [2.75, 3.05) is 18.4 Å². The lowest BCUT2D eigenvalue weighted by molar-refractivity contribution is -0.384. The Hall–Kier alpha value is -1.33. The summed E-state index contributed by atoms with van der Waals surface area (Å²) in [5.74, 6) is 0. The zero-order valence-corrected chi connectivity index (χ0v) is 11.0. The van der Waals surface area contributed by atoms with Gasteiger partial charge in [0.05, 0.1) is 4.92 Å². The molecule has 0 atom stereocenters. The molecule has 0 aliphatic carbocycles. The van der Waals surface area contributed by atoms with Crippen LogP contribution in [0.25, 0.3) is 0 Å². The van der Waals surface area contributed by atoms with Crippen LogP contribution in [0.1, 0.15) is 19.8 Å². The highest BCUT2D eigenvalue weighted by Crippen LogP contribution is 2.32. The number of nitro groups is 1. The average Bonchev–Trinajstić information content (AvgIpc) is 2.32. The van der Waals surface area contributed by atoms with Gasteiger partial charge in [-0.2, -0.15) is 0 Å². The van der Waals surface area contributed by atoms with Crippen molar-refractivity contribution < 1.29 is 4.92 Å². The van der Waals surface area contributed by atoms with E-state index >= 15 is 0 Å². The third kappa shape index (κ3) is 2.91. The number of anilines is 1. The van der Waals surface area contributed by atoms with Gasteiger partial charge < -0.3 is 10.6 Å². The molecule has 0 spiro atoms. The first kappa shape index (κ1) is 13.1. The maximum absolute atomic E-state index is 11.0. The number of benzene rings is 1. The van der Waals surface area contributed by atoms with Gasteiger partial charge in [0.15, 0.2) is 0 Å². The molecule has 18 heavy (non-hydrogen) atoms. The molecule has 1 saturated heterocycles. The molecule has 1 aromatic rings. The Labute approximate surface area is 111 Å². The number of nitro benzene ring substituents is 1. The van der Waals surface area contributed by atoms with E-state index < -0.39 is 4.92 Å². The highest BCUT2D eigenvalue weighted by molar-refractivity contribution is 6.30. The monoisotopic (exact) mass is 269 g/mol. The topological polar surface area (TPSA) is 67.2 Å². The molecular formula is C12H16ClN3O2. The Balaban J connectivity index is 2.25. The summed E-state index contributed by atoms with van der Waals surface area (Å²) < 4.78 is 0. The molecule has 0 unspecified atom stereocenters. The van der Waals surface area contributed by atoms with Crippen molar-refractivity contribution in [2.45, 2.75) is 25.3 Å². The molecule has 1 aliphatic heterocycles. The maximum Gasteiger partial charge on any atom is 0.293 e. The standard InChI is InChI=1S/C12H16ClN3O2/c1-12(4-6-14-7-5-12)15-10-3-2-9(13)8-11(10)16(17)18/h2-3,8,14-15H,4-7H2,1H3. The van der Waals surface area contributed by atoms with Crippen LogP contribution in [0.3, 0.4) is 0 Å². The third-order valence-electron chi connectivity index (χ3n) is 3.30. The van der Waals surface area contributed by atoms with E-state index in [1.807, 2.05) is 0 Å². The van der Waals surface area contributed by atoms with Gasteiger partial charge in [0.25, 0.3) is 5.69 Å². The molecule has 98 valence electrons. The van der Waals surface area contributed by atoms with Crippen molar-refractivity contribution in [2.24, 2.45) is 0 Å². The number of piperidine rings is 1. The fourth-order valence-electron chi connectivity index (χ4n) is 2.19. The summed E-state index contributed by atoms with van der Waals surface area (Å²) in [6.07, 6.45) is 1.87. The molecule has 0 radical (unpaired) electrons. The molecule has 0 aromatic heterocycles. The second-order valence-corrected chi connectivity index (χ2v) is 5.29. The normalized spacial score (nSPS) is 18.3. The van der Waals surface area contributed by atoms with E-state index in [1.54, 1.807) is 12.1 Å². The molecular weight excluding hydrogens is 254 g/mol. The minimum Gasteiger partial charge on any atom is -0.374 e. The Bertz CT molecular complexity index is 459. The second kappa shape index (κ2) is 5.12. The molecule has 1 heterocycles. The van der Waals surface area contributed by atoms with Crippen molar-refractivity contribution in [1.82, 2.24) is 5.32 Å². The summed E-state index contributed by atoms with van der Waals surface area (Å²) in [5.41, 5.74) is 0.458. The van der Waals surface area contributed by atoms with Gasteiger partial charge in [-0.05, 0) is 45.0 Å². The van der Waals surface area contributed by atoms with E-state index in [9.17, 15) is 10.1 Å². The Morgan fingerprint density at radius 3 is 2.72 bits per heavy atom. The third-order valence-corrected chi connectivity index (χ3v) is 3.54. The van der Waals surface area contributed by atoms with E-state index in [0.717, 1.165) is 25.9 Å². The first-order valence-electron chi connectivity index (χ1n) is 5.93. The average molecular weight is 270 g/mol. The Morgan fingerprint density at radius 1 is 1.44 bits per heavy atom. The highest BCUT2D eigenvalue weighted by atomic mass is 35.5. The molecule has 0 amide bonds. The SMILES string of the molecule is CC1(Nc2ccc(Cl)cc2[N+](=O)[O-])CCNCC1. The van der Waals surface area contributed by atoms with Gasteiger partial charge in [-0.15, -0.1) is 0 Å². The summed E-state index contributed by atoms with van der Waals surface area (Å²) in [6.45, 7) is 3.93. The van der Waals surface area contributed by atoms with Crippen LogP contribution in [0.5, 0.6) is 0 Å². The molecule has 0 saturated carbocycles. The fraction of sp³-hybridized carbons (Fsp3) is 0.500. The number of hydrogen-bond donors (Lipinski definition) is 2. The first-order chi connectivity index (χ1) is 8.50. The fourth-order valence-corrected chi connectivity index (χ4v) is 2.36. The molecule has 2 rings (SSSR count). The predicted octanol–water partition coefficient (Wildman–Crippen LogP) is 2.80. The van der Waals surface area contributed by atoms with E-state index in [2.05, 4.69) is 17.6 Å². The summed E-state index contributed by atoms with van der Waals surface area (Å²) in [4.78, 5) is 10.6. The number of rotatable bonds is 3. The predicted molar refractivity (Wildman–Crippen MR) is 72.2 cm³/mol. The summed E-state index contributed by atoms with van der Waals surface area (Å²) in [6, 6.07) is 4.73. The molecule has 1 aliphatic rings. The zero-order valence-electron chi connectivity index (χ0n) is 10.2. The van der Waals surface area contributed by atoms with Crippen LogP contribution >= 0.6 is 11.6 Å². The Morgan fingerprint density at radius 2 is 2.11 bits per heavy atom. The van der Waals surface area contributed by atoms with Gasteiger partial charge in [-0.25, -0.2) is 0 Å². The quantitative estimate of drug-likeness (QED) is 0.654. The van der Waals surface area contributed by atoms with Crippen molar-refractivity contribution in [3.8, 4) is 0 Å². The summed E-state index contributed by atoms with van der Waals surface area (Å²) in [7, 11) is 0. The van der Waals surface area contributed by atoms with E-state index in [4.69, 9.17) is 11.6 Å². The van der Waals surface area contributed by atoms with Gasteiger partial charge >= 0.3 is 0 Å². The smallest absolute Gasteiger partial charge is 0.293 e. The lowest BCUT2D eigenvalue weighted by Gasteiger charge is -2.35. The van der Waals surface area contributed by atoms with Gasteiger partial charge in [-0.1, -0.05) is 11.6 Å². The number of nitrogens with one attached hydrogen (secondary N) is 2. The van der Waals surface area contributed by atoms with Crippen molar-refractivity contribution >= 4 is 23.0 Å². The maximum atomic E-state index is 11.0. The molecule has 1 aromatic carbocycles. The summed E-state index contributed by atoms with van der Waals surface area (Å²) in [5, 5.41) is 18.0. The zero-order chi connectivity index (χ0) is 13.2. The van der Waals surface area contributed by atoms with Crippen LogP contribution in [0.2, 0.25) is 5.02 Å². The lowest BCUT2D eigenvalue weighted by Crippen LogP contribution is -2.45. The van der Waals surface area contributed by atoms with Crippen LogP contribution in [0.4, 0.5) is 11.4 Å². The van der Waals surface area contributed by atoms with Crippen molar-refractivity contribution in [3.63, 3.8) is 0 Å².